The Morgan fingerprint density at radius 2 is 1.43 bits per heavy atom. The zero-order valence-electron chi connectivity index (χ0n) is 29.0. The summed E-state index contributed by atoms with van der Waals surface area (Å²) in [5.41, 5.74) is 6.24. The molecule has 18 heteroatoms. The van der Waals surface area contributed by atoms with Gasteiger partial charge in [0.2, 0.25) is 29.5 Å². The number of hydrogen-bond donors (Lipinski definition) is 6. The summed E-state index contributed by atoms with van der Waals surface area (Å²) < 4.78 is 15.1. The number of anilines is 1. The van der Waals surface area contributed by atoms with E-state index in [0.717, 1.165) is 12.8 Å². The minimum absolute atomic E-state index is 0.0413. The summed E-state index contributed by atoms with van der Waals surface area (Å²) in [5, 5.41) is 12.5. The van der Waals surface area contributed by atoms with Crippen LogP contribution in [0.25, 0.3) is 0 Å². The highest BCUT2D eigenvalue weighted by molar-refractivity contribution is 6.12. The minimum Gasteiger partial charge on any atom is -0.445 e. The molecule has 0 fully saturated rings. The molecule has 8 amide bonds. The average Bonchev–Trinajstić information content (AvgIpc) is 3.41. The van der Waals surface area contributed by atoms with Crippen LogP contribution in [0, 0.1) is 0 Å². The van der Waals surface area contributed by atoms with Crippen molar-refractivity contribution in [3.8, 4) is 0 Å². The Bertz CT molecular complexity index is 1400. The molecule has 0 aromatic heterocycles. The van der Waals surface area contributed by atoms with Gasteiger partial charge in [0.15, 0.2) is 0 Å². The van der Waals surface area contributed by atoms with Crippen LogP contribution in [0.15, 0.2) is 36.4 Å². The highest BCUT2D eigenvalue weighted by atomic mass is 16.5. The van der Waals surface area contributed by atoms with E-state index in [1.54, 1.807) is 12.1 Å². The predicted molar refractivity (Wildman–Crippen MR) is 181 cm³/mol. The zero-order valence-corrected chi connectivity index (χ0v) is 29.0. The molecule has 1 heterocycles. The topological polar surface area (TPSA) is 254 Å². The van der Waals surface area contributed by atoms with E-state index in [2.05, 4.69) is 26.6 Å². The first-order valence-electron chi connectivity index (χ1n) is 16.4. The molecule has 51 heavy (non-hydrogen) atoms. The number of nitrogens with one attached hydrogen (secondary N) is 5. The van der Waals surface area contributed by atoms with Crippen LogP contribution in [0.1, 0.15) is 51.5 Å². The van der Waals surface area contributed by atoms with Gasteiger partial charge in [0, 0.05) is 38.0 Å². The molecular weight excluding hydrogens is 670 g/mol. The van der Waals surface area contributed by atoms with Crippen molar-refractivity contribution in [1.29, 1.82) is 0 Å². The van der Waals surface area contributed by atoms with Gasteiger partial charge in [0.1, 0.15) is 31.3 Å². The summed E-state index contributed by atoms with van der Waals surface area (Å²) in [6.45, 7) is 3.71. The van der Waals surface area contributed by atoms with E-state index in [1.807, 2.05) is 0 Å². The molecule has 1 aromatic carbocycles. The number of carbonyl (C=O) groups excluding carboxylic acids is 8. The van der Waals surface area contributed by atoms with Crippen LogP contribution in [-0.4, -0.2) is 110 Å². The summed E-state index contributed by atoms with van der Waals surface area (Å²) in [6, 6.07) is 2.80. The van der Waals surface area contributed by atoms with Crippen LogP contribution in [0.5, 0.6) is 0 Å². The van der Waals surface area contributed by atoms with Crippen LogP contribution in [0.3, 0.4) is 0 Å². The van der Waals surface area contributed by atoms with Crippen LogP contribution >= 0.6 is 0 Å². The maximum atomic E-state index is 13.0. The molecule has 0 saturated carbocycles. The summed E-state index contributed by atoms with van der Waals surface area (Å²) in [4.78, 5) is 98.1. The first-order chi connectivity index (χ1) is 24.3. The summed E-state index contributed by atoms with van der Waals surface area (Å²) in [6.07, 6.45) is 4.34. The van der Waals surface area contributed by atoms with Crippen molar-refractivity contribution in [1.82, 2.24) is 26.2 Å². The fourth-order valence-corrected chi connectivity index (χ4v) is 4.47. The molecule has 3 unspecified atom stereocenters. The SMILES string of the molecule is COCCOCC(=O)NC(C)C(=O)NC(C)C(=O)NC(CC(N)=O)C(=O)Nc1ccc(COC(=O)NCCCCCCN2C(=O)C=CC2=O)cc1. The lowest BCUT2D eigenvalue weighted by atomic mass is 10.1. The standard InChI is InChI=1S/C33H47N7O11/c1-21(36-27(42)20-50-17-16-49-3)30(45)37-22(2)31(46)39-25(18-26(34)41)32(47)38-24-10-8-23(9-11-24)19-51-33(48)35-14-6-4-5-7-15-40-28(43)12-13-29(40)44/h8-13,21-22,25H,4-7,14-20H2,1-3H3,(H2,34,41)(H,35,48)(H,36,42)(H,37,45)(H,38,47)(H,39,46). The maximum Gasteiger partial charge on any atom is 0.407 e. The number of imide groups is 1. The normalized spacial score (nSPS) is 13.9. The third-order valence-electron chi connectivity index (χ3n) is 7.30. The van der Waals surface area contributed by atoms with E-state index in [4.69, 9.17) is 19.9 Å². The summed E-state index contributed by atoms with van der Waals surface area (Å²) in [5.74, 6) is -4.18. The minimum atomic E-state index is -1.36. The van der Waals surface area contributed by atoms with Gasteiger partial charge >= 0.3 is 6.09 Å². The summed E-state index contributed by atoms with van der Waals surface area (Å²) in [7, 11) is 1.49. The van der Waals surface area contributed by atoms with Crippen molar-refractivity contribution in [2.45, 2.75) is 70.7 Å². The van der Waals surface area contributed by atoms with Gasteiger partial charge in [0.05, 0.1) is 19.6 Å². The Balaban J connectivity index is 1.73. The molecule has 0 bridgehead atoms. The fraction of sp³-hybridized carbons (Fsp3) is 0.515. The highest BCUT2D eigenvalue weighted by Gasteiger charge is 2.27. The van der Waals surface area contributed by atoms with Crippen molar-refractivity contribution in [2.75, 3.05) is 45.3 Å². The van der Waals surface area contributed by atoms with Crippen LogP contribution in [0.4, 0.5) is 10.5 Å². The number of ether oxygens (including phenoxy) is 3. The van der Waals surface area contributed by atoms with Crippen LogP contribution in [0.2, 0.25) is 0 Å². The van der Waals surface area contributed by atoms with E-state index in [0.29, 0.717) is 43.8 Å². The number of alkyl carbamates (subject to hydrolysis) is 1. The first-order valence-corrected chi connectivity index (χ1v) is 16.4. The van der Waals surface area contributed by atoms with E-state index >= 15 is 0 Å². The Hall–Kier alpha value is -5.36. The second-order valence-corrected chi connectivity index (χ2v) is 11.6. The molecule has 1 aromatic rings. The molecule has 0 spiro atoms. The molecule has 7 N–H and O–H groups in total. The molecule has 0 aliphatic carbocycles. The van der Waals surface area contributed by atoms with Gasteiger partial charge in [-0.15, -0.1) is 0 Å². The molecule has 2 rings (SSSR count). The Morgan fingerprint density at radius 3 is 2.08 bits per heavy atom. The zero-order chi connectivity index (χ0) is 37.8. The van der Waals surface area contributed by atoms with Gasteiger partial charge in [0.25, 0.3) is 11.8 Å². The number of rotatable bonds is 23. The lowest BCUT2D eigenvalue weighted by Crippen LogP contribution is -2.55. The van der Waals surface area contributed by atoms with Gasteiger partial charge in [-0.05, 0) is 44.4 Å². The van der Waals surface area contributed by atoms with Gasteiger partial charge in [-0.3, -0.25) is 38.5 Å². The number of nitrogens with two attached hydrogens (primary N) is 1. The lowest BCUT2D eigenvalue weighted by Gasteiger charge is -2.22. The number of hydrogen-bond acceptors (Lipinski definition) is 11. The molecule has 1 aliphatic heterocycles. The van der Waals surface area contributed by atoms with Crippen LogP contribution in [-0.2, 0) is 54.4 Å². The predicted octanol–water partition coefficient (Wildman–Crippen LogP) is -0.631. The van der Waals surface area contributed by atoms with Gasteiger partial charge in [-0.2, -0.15) is 0 Å². The molecular formula is C33H47N7O11. The molecule has 0 saturated heterocycles. The molecule has 1 aliphatic rings. The van der Waals surface area contributed by atoms with Crippen LogP contribution < -0.4 is 32.3 Å². The molecule has 18 nitrogen and oxygen atoms in total. The van der Waals surface area contributed by atoms with E-state index < -0.39 is 60.2 Å². The Labute approximate surface area is 295 Å². The van der Waals surface area contributed by atoms with Crippen molar-refractivity contribution in [2.24, 2.45) is 5.73 Å². The largest absolute Gasteiger partial charge is 0.445 e. The van der Waals surface area contributed by atoms with Gasteiger partial charge < -0.3 is 46.5 Å². The monoisotopic (exact) mass is 717 g/mol. The van der Waals surface area contributed by atoms with E-state index in [-0.39, 0.29) is 31.6 Å². The number of nitrogens with zero attached hydrogens (tertiary/aromatic N) is 1. The summed E-state index contributed by atoms with van der Waals surface area (Å²) >= 11 is 0. The number of primary amides is 1. The Kier molecular flexibility index (Phi) is 18.3. The number of unbranched alkanes of at least 4 members (excludes halogenated alkanes) is 3. The lowest BCUT2D eigenvalue weighted by molar-refractivity contribution is -0.137. The van der Waals surface area contributed by atoms with E-state index in [9.17, 15) is 38.4 Å². The van der Waals surface area contributed by atoms with Crippen molar-refractivity contribution >= 4 is 53.1 Å². The second kappa shape index (κ2) is 22.4. The smallest absolute Gasteiger partial charge is 0.407 e. The van der Waals surface area contributed by atoms with Crippen molar-refractivity contribution < 1.29 is 52.6 Å². The number of carbonyl (C=O) groups is 8. The second-order valence-electron chi connectivity index (χ2n) is 11.6. The number of amides is 8. The third kappa shape index (κ3) is 16.3. The number of methoxy groups -OCH3 is 1. The number of benzene rings is 1. The van der Waals surface area contributed by atoms with Gasteiger partial charge in [-0.1, -0.05) is 25.0 Å². The fourth-order valence-electron chi connectivity index (χ4n) is 4.47. The molecule has 3 atom stereocenters. The maximum absolute atomic E-state index is 13.0. The third-order valence-corrected chi connectivity index (χ3v) is 7.30. The Morgan fingerprint density at radius 1 is 0.804 bits per heavy atom. The highest BCUT2D eigenvalue weighted by Crippen LogP contribution is 2.12. The van der Waals surface area contributed by atoms with Crippen molar-refractivity contribution in [3.05, 3.63) is 42.0 Å². The van der Waals surface area contributed by atoms with E-state index in [1.165, 1.54) is 50.1 Å². The van der Waals surface area contributed by atoms with Crippen molar-refractivity contribution in [3.63, 3.8) is 0 Å². The molecule has 280 valence electrons. The first kappa shape index (κ1) is 41.8. The molecule has 0 radical (unpaired) electrons. The van der Waals surface area contributed by atoms with Gasteiger partial charge in [-0.25, -0.2) is 4.79 Å². The quantitative estimate of drug-likeness (QED) is 0.0614. The average molecular weight is 718 g/mol.